The van der Waals surface area contributed by atoms with Gasteiger partial charge in [-0.2, -0.15) is 0 Å². The first-order valence-corrected chi connectivity index (χ1v) is 3.85. The van der Waals surface area contributed by atoms with E-state index in [2.05, 4.69) is 4.74 Å². The van der Waals surface area contributed by atoms with Gasteiger partial charge in [-0.25, -0.2) is 0 Å². The number of terminal acetylenes is 1. The molecule has 66 valence electrons. The minimum Gasteiger partial charge on any atom is -0.466 e. The molecule has 0 saturated carbocycles. The van der Waals surface area contributed by atoms with Crippen molar-refractivity contribution in [2.45, 2.75) is 26.2 Å². The van der Waals surface area contributed by atoms with E-state index in [4.69, 9.17) is 6.42 Å². The van der Waals surface area contributed by atoms with Crippen LogP contribution in [-0.4, -0.2) is 18.4 Å². The predicted octanol–water partition coefficient (Wildman–Crippen LogP) is 0.922. The van der Waals surface area contributed by atoms with Gasteiger partial charge < -0.3 is 4.74 Å². The summed E-state index contributed by atoms with van der Waals surface area (Å²) in [7, 11) is 0. The van der Waals surface area contributed by atoms with Crippen LogP contribution in [0.3, 0.4) is 0 Å². The fraction of sp³-hybridized carbons (Fsp3) is 0.556. The molecule has 0 aromatic carbocycles. The molecule has 0 unspecified atom stereocenters. The SMILES string of the molecule is C#CC(=O)CCCC(=O)OCC. The highest BCUT2D eigenvalue weighted by Crippen LogP contribution is 1.97. The Bertz CT molecular complexity index is 200. The van der Waals surface area contributed by atoms with Crippen molar-refractivity contribution in [3.8, 4) is 12.3 Å². The van der Waals surface area contributed by atoms with Crippen LogP contribution in [0.4, 0.5) is 0 Å². The molecule has 0 atom stereocenters. The van der Waals surface area contributed by atoms with Crippen molar-refractivity contribution < 1.29 is 14.3 Å². The summed E-state index contributed by atoms with van der Waals surface area (Å²) in [6.07, 6.45) is 5.83. The molecule has 0 rings (SSSR count). The van der Waals surface area contributed by atoms with Crippen LogP contribution in [0.15, 0.2) is 0 Å². The monoisotopic (exact) mass is 168 g/mol. The van der Waals surface area contributed by atoms with Crippen LogP contribution in [0, 0.1) is 12.3 Å². The average Bonchev–Trinajstić information content (AvgIpc) is 2.04. The second-order valence-electron chi connectivity index (χ2n) is 2.23. The first-order valence-electron chi connectivity index (χ1n) is 3.85. The van der Waals surface area contributed by atoms with E-state index in [1.807, 2.05) is 5.92 Å². The van der Waals surface area contributed by atoms with Crippen LogP contribution >= 0.6 is 0 Å². The molecule has 0 aliphatic carbocycles. The highest BCUT2D eigenvalue weighted by Gasteiger charge is 2.02. The third kappa shape index (κ3) is 5.48. The molecule has 0 spiro atoms. The summed E-state index contributed by atoms with van der Waals surface area (Å²) in [4.78, 5) is 21.3. The molecular weight excluding hydrogens is 156 g/mol. The summed E-state index contributed by atoms with van der Waals surface area (Å²) in [6, 6.07) is 0. The summed E-state index contributed by atoms with van der Waals surface area (Å²) in [6.45, 7) is 2.12. The zero-order chi connectivity index (χ0) is 9.40. The van der Waals surface area contributed by atoms with Crippen molar-refractivity contribution in [3.63, 3.8) is 0 Å². The van der Waals surface area contributed by atoms with E-state index >= 15 is 0 Å². The molecule has 0 amide bonds. The number of rotatable bonds is 5. The molecule has 0 fully saturated rings. The first-order chi connectivity index (χ1) is 5.70. The molecule has 0 saturated heterocycles. The molecule has 0 radical (unpaired) electrons. The molecule has 0 aliphatic heterocycles. The molecule has 0 N–H and O–H groups in total. The van der Waals surface area contributed by atoms with E-state index in [1.54, 1.807) is 6.92 Å². The quantitative estimate of drug-likeness (QED) is 0.348. The molecule has 0 aromatic heterocycles. The largest absolute Gasteiger partial charge is 0.466 e. The fourth-order valence-corrected chi connectivity index (χ4v) is 0.699. The average molecular weight is 168 g/mol. The maximum absolute atomic E-state index is 10.7. The summed E-state index contributed by atoms with van der Waals surface area (Å²) >= 11 is 0. The number of Topliss-reactive ketones (excluding diaryl/α,β-unsaturated/α-hetero) is 1. The molecule has 0 bridgehead atoms. The Morgan fingerprint density at radius 2 is 2.08 bits per heavy atom. The van der Waals surface area contributed by atoms with Gasteiger partial charge in [0.15, 0.2) is 0 Å². The van der Waals surface area contributed by atoms with Crippen molar-refractivity contribution in [1.82, 2.24) is 0 Å². The Balaban J connectivity index is 3.38. The second-order valence-corrected chi connectivity index (χ2v) is 2.23. The molecule has 3 heteroatoms. The number of esters is 1. The fourth-order valence-electron chi connectivity index (χ4n) is 0.699. The molecule has 3 nitrogen and oxygen atoms in total. The Hall–Kier alpha value is -1.30. The third-order valence-electron chi connectivity index (χ3n) is 1.25. The van der Waals surface area contributed by atoms with Gasteiger partial charge in [-0.3, -0.25) is 9.59 Å². The van der Waals surface area contributed by atoms with Crippen molar-refractivity contribution in [2.24, 2.45) is 0 Å². The third-order valence-corrected chi connectivity index (χ3v) is 1.25. The lowest BCUT2D eigenvalue weighted by atomic mass is 10.2. The molecule has 12 heavy (non-hydrogen) atoms. The zero-order valence-electron chi connectivity index (χ0n) is 7.13. The zero-order valence-corrected chi connectivity index (χ0v) is 7.13. The minimum absolute atomic E-state index is 0.259. The number of hydrogen-bond donors (Lipinski definition) is 0. The Labute approximate surface area is 72.1 Å². The van der Waals surface area contributed by atoms with Gasteiger partial charge in [0.1, 0.15) is 0 Å². The van der Waals surface area contributed by atoms with E-state index in [0.717, 1.165) is 0 Å². The van der Waals surface area contributed by atoms with E-state index in [1.165, 1.54) is 0 Å². The number of hydrogen-bond acceptors (Lipinski definition) is 3. The maximum Gasteiger partial charge on any atom is 0.305 e. The smallest absolute Gasteiger partial charge is 0.305 e. The van der Waals surface area contributed by atoms with Crippen molar-refractivity contribution in [3.05, 3.63) is 0 Å². The molecule has 0 heterocycles. The van der Waals surface area contributed by atoms with Crippen molar-refractivity contribution in [1.29, 1.82) is 0 Å². The van der Waals surface area contributed by atoms with E-state index in [9.17, 15) is 9.59 Å². The van der Waals surface area contributed by atoms with Gasteiger partial charge in [-0.1, -0.05) is 0 Å². The predicted molar refractivity (Wildman–Crippen MR) is 44.3 cm³/mol. The maximum atomic E-state index is 10.7. The lowest BCUT2D eigenvalue weighted by Crippen LogP contribution is -2.04. The lowest BCUT2D eigenvalue weighted by molar-refractivity contribution is -0.143. The number of ether oxygens (including phenoxy) is 1. The number of carbonyl (C=O) groups excluding carboxylic acids is 2. The van der Waals surface area contributed by atoms with E-state index in [0.29, 0.717) is 13.0 Å². The van der Waals surface area contributed by atoms with Crippen LogP contribution in [0.5, 0.6) is 0 Å². The molecule has 0 aliphatic rings. The van der Waals surface area contributed by atoms with E-state index < -0.39 is 0 Å². The van der Waals surface area contributed by atoms with Gasteiger partial charge in [-0.05, 0) is 19.3 Å². The van der Waals surface area contributed by atoms with Gasteiger partial charge in [0.05, 0.1) is 6.61 Å². The summed E-state index contributed by atoms with van der Waals surface area (Å²) < 4.78 is 4.66. The summed E-state index contributed by atoms with van der Waals surface area (Å²) in [5.41, 5.74) is 0. The first kappa shape index (κ1) is 10.7. The van der Waals surface area contributed by atoms with Gasteiger partial charge in [0.25, 0.3) is 0 Å². The van der Waals surface area contributed by atoms with Crippen LogP contribution in [-0.2, 0) is 14.3 Å². The van der Waals surface area contributed by atoms with E-state index in [-0.39, 0.29) is 24.6 Å². The van der Waals surface area contributed by atoms with Gasteiger partial charge in [-0.15, -0.1) is 6.42 Å². The van der Waals surface area contributed by atoms with Gasteiger partial charge >= 0.3 is 5.97 Å². The number of carbonyl (C=O) groups is 2. The topological polar surface area (TPSA) is 43.4 Å². The summed E-state index contributed by atoms with van der Waals surface area (Å²) in [5.74, 6) is 1.44. The number of ketones is 1. The van der Waals surface area contributed by atoms with Crippen LogP contribution < -0.4 is 0 Å². The minimum atomic E-state index is -0.276. The van der Waals surface area contributed by atoms with Gasteiger partial charge in [0.2, 0.25) is 5.78 Å². The standard InChI is InChI=1S/C9H12O3/c1-3-8(10)6-5-7-9(11)12-4-2/h1H,4-7H2,2H3. The molecular formula is C9H12O3. The van der Waals surface area contributed by atoms with Crippen LogP contribution in [0.1, 0.15) is 26.2 Å². The normalized spacial score (nSPS) is 8.67. The highest BCUT2D eigenvalue weighted by molar-refractivity contribution is 5.94. The Morgan fingerprint density at radius 3 is 2.58 bits per heavy atom. The summed E-state index contributed by atoms with van der Waals surface area (Å²) in [5, 5.41) is 0. The van der Waals surface area contributed by atoms with Crippen LogP contribution in [0.25, 0.3) is 0 Å². The highest BCUT2D eigenvalue weighted by atomic mass is 16.5. The van der Waals surface area contributed by atoms with Crippen molar-refractivity contribution in [2.75, 3.05) is 6.61 Å². The molecule has 0 aromatic rings. The van der Waals surface area contributed by atoms with Gasteiger partial charge in [0, 0.05) is 12.8 Å². The Morgan fingerprint density at radius 1 is 1.42 bits per heavy atom. The van der Waals surface area contributed by atoms with Crippen molar-refractivity contribution >= 4 is 11.8 Å². The lowest BCUT2D eigenvalue weighted by Gasteiger charge is -1.98. The van der Waals surface area contributed by atoms with Crippen LogP contribution in [0.2, 0.25) is 0 Å². The Kier molecular flexibility index (Phi) is 5.72. The second kappa shape index (κ2) is 6.41.